The first-order valence-electron chi connectivity index (χ1n) is 4.54. The van der Waals surface area contributed by atoms with Crippen LogP contribution in [0.25, 0.3) is 0 Å². The van der Waals surface area contributed by atoms with Crippen LogP contribution in [0.15, 0.2) is 18.2 Å². The van der Waals surface area contributed by atoms with E-state index in [9.17, 15) is 14.9 Å². The van der Waals surface area contributed by atoms with Gasteiger partial charge in [0.2, 0.25) is 0 Å². The Labute approximate surface area is 97.1 Å². The number of nitro benzene ring substituents is 1. The van der Waals surface area contributed by atoms with Gasteiger partial charge >= 0.3 is 5.97 Å². The van der Waals surface area contributed by atoms with E-state index in [0.29, 0.717) is 17.0 Å². The Morgan fingerprint density at radius 1 is 1.56 bits per heavy atom. The number of esters is 1. The zero-order valence-electron chi connectivity index (χ0n) is 8.60. The van der Waals surface area contributed by atoms with E-state index in [4.69, 9.17) is 11.6 Å². The second-order valence-electron chi connectivity index (χ2n) is 3.11. The van der Waals surface area contributed by atoms with Crippen molar-refractivity contribution in [2.45, 2.75) is 12.8 Å². The van der Waals surface area contributed by atoms with Gasteiger partial charge in [-0.05, 0) is 18.1 Å². The molecule has 0 unspecified atom stereocenters. The monoisotopic (exact) mass is 243 g/mol. The molecule has 0 fully saturated rings. The predicted octanol–water partition coefficient (Wildman–Crippen LogP) is 2.35. The molecule has 0 bridgehead atoms. The summed E-state index contributed by atoms with van der Waals surface area (Å²) in [5.41, 5.74) is 0.533. The number of halogens is 1. The first kappa shape index (κ1) is 12.4. The van der Waals surface area contributed by atoms with Crippen LogP contribution in [0.4, 0.5) is 5.69 Å². The Bertz CT molecular complexity index is 419. The van der Waals surface area contributed by atoms with E-state index in [2.05, 4.69) is 4.74 Å². The highest BCUT2D eigenvalue weighted by atomic mass is 35.5. The summed E-state index contributed by atoms with van der Waals surface area (Å²) < 4.78 is 4.47. The SMILES string of the molecule is COC(=O)CCc1cc([N+](=O)[O-])ccc1Cl. The largest absolute Gasteiger partial charge is 0.469 e. The molecule has 5 nitrogen and oxygen atoms in total. The maximum Gasteiger partial charge on any atom is 0.305 e. The maximum atomic E-state index is 10.9. The quantitative estimate of drug-likeness (QED) is 0.462. The van der Waals surface area contributed by atoms with Crippen molar-refractivity contribution < 1.29 is 14.5 Å². The summed E-state index contributed by atoms with van der Waals surface area (Å²) >= 11 is 5.85. The number of aryl methyl sites for hydroxylation is 1. The van der Waals surface area contributed by atoms with Crippen LogP contribution in [0.5, 0.6) is 0 Å². The van der Waals surface area contributed by atoms with E-state index < -0.39 is 4.92 Å². The summed E-state index contributed by atoms with van der Waals surface area (Å²) in [4.78, 5) is 20.9. The lowest BCUT2D eigenvalue weighted by atomic mass is 10.1. The molecule has 6 heteroatoms. The van der Waals surface area contributed by atoms with Crippen molar-refractivity contribution in [2.75, 3.05) is 7.11 Å². The van der Waals surface area contributed by atoms with Crippen LogP contribution in [-0.2, 0) is 16.0 Å². The van der Waals surface area contributed by atoms with Gasteiger partial charge in [0, 0.05) is 23.6 Å². The van der Waals surface area contributed by atoms with Gasteiger partial charge in [-0.3, -0.25) is 14.9 Å². The number of benzene rings is 1. The van der Waals surface area contributed by atoms with Crippen LogP contribution in [-0.4, -0.2) is 18.0 Å². The fraction of sp³-hybridized carbons (Fsp3) is 0.300. The molecule has 0 aliphatic carbocycles. The molecule has 0 amide bonds. The number of carbonyl (C=O) groups excluding carboxylic acids is 1. The number of rotatable bonds is 4. The number of carbonyl (C=O) groups is 1. The second kappa shape index (κ2) is 5.46. The highest BCUT2D eigenvalue weighted by molar-refractivity contribution is 6.31. The van der Waals surface area contributed by atoms with Crippen LogP contribution in [0, 0.1) is 10.1 Å². The molecule has 1 aromatic carbocycles. The number of nitrogens with zero attached hydrogens (tertiary/aromatic N) is 1. The van der Waals surface area contributed by atoms with Crippen LogP contribution in [0.3, 0.4) is 0 Å². The Hall–Kier alpha value is -1.62. The fourth-order valence-electron chi connectivity index (χ4n) is 1.21. The van der Waals surface area contributed by atoms with Gasteiger partial charge in [-0.25, -0.2) is 0 Å². The smallest absolute Gasteiger partial charge is 0.305 e. The lowest BCUT2D eigenvalue weighted by molar-refractivity contribution is -0.384. The average Bonchev–Trinajstić information content (AvgIpc) is 2.27. The molecule has 1 rings (SSSR count). The Kier molecular flexibility index (Phi) is 4.25. The minimum atomic E-state index is -0.502. The van der Waals surface area contributed by atoms with Gasteiger partial charge < -0.3 is 4.74 Å². The van der Waals surface area contributed by atoms with Crippen molar-refractivity contribution in [3.8, 4) is 0 Å². The molecule has 0 heterocycles. The number of non-ortho nitro benzene ring substituents is 1. The summed E-state index contributed by atoms with van der Waals surface area (Å²) in [6.07, 6.45) is 0.477. The van der Waals surface area contributed by atoms with Gasteiger partial charge in [-0.15, -0.1) is 0 Å². The van der Waals surface area contributed by atoms with Crippen molar-refractivity contribution in [1.82, 2.24) is 0 Å². The van der Waals surface area contributed by atoms with Crippen molar-refractivity contribution >= 4 is 23.3 Å². The third-order valence-corrected chi connectivity index (χ3v) is 2.43. The number of hydrogen-bond acceptors (Lipinski definition) is 4. The van der Waals surface area contributed by atoms with E-state index >= 15 is 0 Å². The highest BCUT2D eigenvalue weighted by Gasteiger charge is 2.11. The van der Waals surface area contributed by atoms with Gasteiger partial charge in [0.05, 0.1) is 12.0 Å². The van der Waals surface area contributed by atoms with Crippen LogP contribution >= 0.6 is 11.6 Å². The van der Waals surface area contributed by atoms with E-state index in [-0.39, 0.29) is 18.1 Å². The number of methoxy groups -OCH3 is 1. The van der Waals surface area contributed by atoms with Gasteiger partial charge in [-0.2, -0.15) is 0 Å². The van der Waals surface area contributed by atoms with Crippen molar-refractivity contribution in [3.63, 3.8) is 0 Å². The summed E-state index contributed by atoms with van der Waals surface area (Å²) in [5.74, 6) is -0.373. The first-order chi connectivity index (χ1) is 7.54. The summed E-state index contributed by atoms with van der Waals surface area (Å²) in [7, 11) is 1.29. The van der Waals surface area contributed by atoms with Crippen molar-refractivity contribution in [1.29, 1.82) is 0 Å². The number of nitro groups is 1. The van der Waals surface area contributed by atoms with E-state index in [1.54, 1.807) is 0 Å². The zero-order chi connectivity index (χ0) is 12.1. The standard InChI is InChI=1S/C10H10ClNO4/c1-16-10(13)5-2-7-6-8(12(14)15)3-4-9(7)11/h3-4,6H,2,5H2,1H3. The van der Waals surface area contributed by atoms with Crippen molar-refractivity contribution in [3.05, 3.63) is 38.9 Å². The molecule has 0 N–H and O–H groups in total. The summed E-state index contributed by atoms with van der Waals surface area (Å²) in [5, 5.41) is 10.9. The molecule has 0 aromatic heterocycles. The van der Waals surface area contributed by atoms with Crippen LogP contribution < -0.4 is 0 Å². The summed E-state index contributed by atoms with van der Waals surface area (Å²) in [6.45, 7) is 0. The molecule has 0 aliphatic heterocycles. The number of hydrogen-bond donors (Lipinski definition) is 0. The Balaban J connectivity index is 2.82. The molecule has 0 saturated heterocycles. The van der Waals surface area contributed by atoms with E-state index in [1.807, 2.05) is 0 Å². The molecule has 0 spiro atoms. The molecule has 86 valence electrons. The van der Waals surface area contributed by atoms with E-state index in [0.717, 1.165) is 0 Å². The third-order valence-electron chi connectivity index (χ3n) is 2.07. The molecule has 1 aromatic rings. The maximum absolute atomic E-state index is 10.9. The number of ether oxygens (including phenoxy) is 1. The molecule has 0 atom stereocenters. The van der Waals surface area contributed by atoms with Gasteiger partial charge in [0.1, 0.15) is 0 Å². The highest BCUT2D eigenvalue weighted by Crippen LogP contribution is 2.23. The fourth-order valence-corrected chi connectivity index (χ4v) is 1.42. The zero-order valence-corrected chi connectivity index (χ0v) is 9.36. The Morgan fingerprint density at radius 2 is 2.25 bits per heavy atom. The molecule has 16 heavy (non-hydrogen) atoms. The van der Waals surface area contributed by atoms with Crippen molar-refractivity contribution in [2.24, 2.45) is 0 Å². The molecular formula is C10H10ClNO4. The average molecular weight is 244 g/mol. The van der Waals surface area contributed by atoms with E-state index in [1.165, 1.54) is 25.3 Å². The van der Waals surface area contributed by atoms with Gasteiger partial charge in [-0.1, -0.05) is 11.6 Å². The second-order valence-corrected chi connectivity index (χ2v) is 3.52. The van der Waals surface area contributed by atoms with Gasteiger partial charge in [0.15, 0.2) is 0 Å². The topological polar surface area (TPSA) is 69.4 Å². The molecule has 0 saturated carbocycles. The Morgan fingerprint density at radius 3 is 2.81 bits per heavy atom. The van der Waals surface area contributed by atoms with Crippen LogP contribution in [0.1, 0.15) is 12.0 Å². The predicted molar refractivity (Wildman–Crippen MR) is 58.4 cm³/mol. The summed E-state index contributed by atoms with van der Waals surface area (Å²) in [6, 6.07) is 4.14. The third kappa shape index (κ3) is 3.20. The molecule has 0 radical (unpaired) electrons. The normalized spacial score (nSPS) is 9.88. The minimum absolute atomic E-state index is 0.0377. The first-order valence-corrected chi connectivity index (χ1v) is 4.92. The lowest BCUT2D eigenvalue weighted by Crippen LogP contribution is -2.02. The molecule has 0 aliphatic rings. The lowest BCUT2D eigenvalue weighted by Gasteiger charge is -2.03. The minimum Gasteiger partial charge on any atom is -0.469 e. The van der Waals surface area contributed by atoms with Gasteiger partial charge in [0.25, 0.3) is 5.69 Å². The molecular weight excluding hydrogens is 234 g/mol. The van der Waals surface area contributed by atoms with Crippen LogP contribution in [0.2, 0.25) is 5.02 Å².